The minimum absolute atomic E-state index is 0.183. The van der Waals surface area contributed by atoms with Gasteiger partial charge in [-0.15, -0.1) is 0 Å². The van der Waals surface area contributed by atoms with Crippen molar-refractivity contribution in [1.82, 2.24) is 9.80 Å². The normalized spacial score (nSPS) is 10.6. The highest BCUT2D eigenvalue weighted by molar-refractivity contribution is 5.84. The maximum absolute atomic E-state index is 13.1. The van der Waals surface area contributed by atoms with E-state index in [1.54, 1.807) is 38.4 Å². The summed E-state index contributed by atoms with van der Waals surface area (Å²) in [6.07, 6.45) is 0.263. The Labute approximate surface area is 191 Å². The van der Waals surface area contributed by atoms with E-state index >= 15 is 0 Å². The van der Waals surface area contributed by atoms with Gasteiger partial charge in [0.2, 0.25) is 0 Å². The highest BCUT2D eigenvalue weighted by Gasteiger charge is 2.17. The smallest absolute Gasteiger partial charge is 0.415 e. The van der Waals surface area contributed by atoms with Crippen molar-refractivity contribution in [3.05, 3.63) is 52.9 Å². The Balaban J connectivity index is 1.97. The number of hydrogen-bond acceptors (Lipinski definition) is 7. The third-order valence-electron chi connectivity index (χ3n) is 5.20. The second-order valence-corrected chi connectivity index (χ2v) is 7.27. The van der Waals surface area contributed by atoms with E-state index in [9.17, 15) is 14.4 Å². The number of nitrogens with zero attached hydrogens (tertiary/aromatic N) is 2. The average Bonchev–Trinajstić information content (AvgIpc) is 2.83. The van der Waals surface area contributed by atoms with Gasteiger partial charge in [0.15, 0.2) is 16.9 Å². The molecule has 9 heteroatoms. The zero-order valence-electron chi connectivity index (χ0n) is 19.2. The van der Waals surface area contributed by atoms with Crippen LogP contribution in [0.15, 0.2) is 51.9 Å². The SMILES string of the molecule is CCN(C)C(=O)Oc1ccc2c(=O)c(-c3ccc(OC)c(OC(=O)N(C)CC)c3)coc2c1. The van der Waals surface area contributed by atoms with Crippen molar-refractivity contribution in [2.45, 2.75) is 13.8 Å². The van der Waals surface area contributed by atoms with Crippen LogP contribution in [0.2, 0.25) is 0 Å². The highest BCUT2D eigenvalue weighted by Crippen LogP contribution is 2.33. The number of hydrogen-bond donors (Lipinski definition) is 0. The fourth-order valence-electron chi connectivity index (χ4n) is 2.90. The summed E-state index contributed by atoms with van der Waals surface area (Å²) in [5.74, 6) is 0.801. The molecular formula is C24H26N2O7. The Kier molecular flexibility index (Phi) is 7.22. The summed E-state index contributed by atoms with van der Waals surface area (Å²) in [5.41, 5.74) is 0.765. The van der Waals surface area contributed by atoms with Crippen LogP contribution in [0.3, 0.4) is 0 Å². The van der Waals surface area contributed by atoms with Crippen LogP contribution in [-0.4, -0.2) is 56.3 Å². The molecule has 0 saturated carbocycles. The van der Waals surface area contributed by atoms with Crippen LogP contribution in [0.25, 0.3) is 22.1 Å². The molecule has 0 aliphatic heterocycles. The molecule has 33 heavy (non-hydrogen) atoms. The summed E-state index contributed by atoms with van der Waals surface area (Å²) in [6, 6.07) is 9.40. The first-order valence-corrected chi connectivity index (χ1v) is 10.4. The molecule has 0 aliphatic carbocycles. The number of carbonyl (C=O) groups is 2. The van der Waals surface area contributed by atoms with Gasteiger partial charge in [-0.05, 0) is 43.7 Å². The fraction of sp³-hybridized carbons (Fsp3) is 0.292. The van der Waals surface area contributed by atoms with Crippen LogP contribution in [0, 0.1) is 0 Å². The van der Waals surface area contributed by atoms with Crippen molar-refractivity contribution in [3.8, 4) is 28.4 Å². The van der Waals surface area contributed by atoms with Gasteiger partial charge >= 0.3 is 12.2 Å². The van der Waals surface area contributed by atoms with Gasteiger partial charge in [-0.1, -0.05) is 6.07 Å². The number of ether oxygens (including phenoxy) is 3. The molecule has 0 radical (unpaired) electrons. The second-order valence-electron chi connectivity index (χ2n) is 7.27. The Hall–Kier alpha value is -4.01. The first-order valence-electron chi connectivity index (χ1n) is 10.4. The van der Waals surface area contributed by atoms with Crippen LogP contribution in [-0.2, 0) is 0 Å². The molecule has 2 amide bonds. The number of fused-ring (bicyclic) bond motifs is 1. The van der Waals surface area contributed by atoms with Gasteiger partial charge in [-0.3, -0.25) is 4.79 Å². The van der Waals surface area contributed by atoms with Crippen LogP contribution in [0.5, 0.6) is 17.2 Å². The standard InChI is InChI=1S/C24H26N2O7/c1-6-25(3)23(28)32-16-9-10-17-20(13-16)31-14-18(22(17)27)15-8-11-19(30-5)21(12-15)33-24(29)26(4)7-2/h8-14H,6-7H2,1-5H3. The van der Waals surface area contributed by atoms with Gasteiger partial charge in [0.1, 0.15) is 17.6 Å². The number of methoxy groups -OCH3 is 1. The lowest BCUT2D eigenvalue weighted by Gasteiger charge is -2.16. The monoisotopic (exact) mass is 454 g/mol. The molecule has 1 heterocycles. The number of benzene rings is 2. The van der Waals surface area contributed by atoms with Crippen molar-refractivity contribution in [1.29, 1.82) is 0 Å². The molecule has 9 nitrogen and oxygen atoms in total. The Morgan fingerprint density at radius 1 is 0.909 bits per heavy atom. The van der Waals surface area contributed by atoms with E-state index in [1.165, 1.54) is 35.3 Å². The maximum Gasteiger partial charge on any atom is 0.415 e. The first-order chi connectivity index (χ1) is 15.8. The molecule has 0 saturated heterocycles. The largest absolute Gasteiger partial charge is 0.493 e. The molecule has 3 rings (SSSR count). The van der Waals surface area contributed by atoms with Crippen molar-refractivity contribution >= 4 is 23.2 Å². The predicted octanol–water partition coefficient (Wildman–Crippen LogP) is 4.37. The van der Waals surface area contributed by atoms with Gasteiger partial charge in [0.05, 0.1) is 18.1 Å². The van der Waals surface area contributed by atoms with Gasteiger partial charge in [-0.25, -0.2) is 9.59 Å². The van der Waals surface area contributed by atoms with E-state index in [1.807, 2.05) is 13.8 Å². The lowest BCUT2D eigenvalue weighted by molar-refractivity contribution is 0.163. The minimum Gasteiger partial charge on any atom is -0.493 e. The van der Waals surface area contributed by atoms with E-state index in [0.29, 0.717) is 29.8 Å². The lowest BCUT2D eigenvalue weighted by atomic mass is 10.0. The molecule has 0 unspecified atom stereocenters. The quantitative estimate of drug-likeness (QED) is 0.545. The molecule has 0 bridgehead atoms. The third kappa shape index (κ3) is 5.08. The van der Waals surface area contributed by atoms with Crippen LogP contribution in [0.1, 0.15) is 13.8 Å². The molecule has 174 valence electrons. The fourth-order valence-corrected chi connectivity index (χ4v) is 2.90. The van der Waals surface area contributed by atoms with E-state index in [-0.39, 0.29) is 28.1 Å². The minimum atomic E-state index is -0.547. The van der Waals surface area contributed by atoms with E-state index < -0.39 is 12.2 Å². The van der Waals surface area contributed by atoms with Crippen molar-refractivity contribution in [3.63, 3.8) is 0 Å². The Morgan fingerprint density at radius 2 is 1.58 bits per heavy atom. The molecule has 0 N–H and O–H groups in total. The van der Waals surface area contributed by atoms with Crippen LogP contribution < -0.4 is 19.6 Å². The molecule has 0 fully saturated rings. The lowest BCUT2D eigenvalue weighted by Crippen LogP contribution is -2.29. The Bertz CT molecular complexity index is 1240. The van der Waals surface area contributed by atoms with Crippen molar-refractivity contribution in [2.75, 3.05) is 34.3 Å². The van der Waals surface area contributed by atoms with Gasteiger partial charge in [0.25, 0.3) is 0 Å². The average molecular weight is 454 g/mol. The zero-order valence-corrected chi connectivity index (χ0v) is 19.2. The topological polar surface area (TPSA) is 98.5 Å². The summed E-state index contributed by atoms with van der Waals surface area (Å²) in [7, 11) is 4.70. The van der Waals surface area contributed by atoms with Gasteiger partial charge in [-0.2, -0.15) is 0 Å². The molecule has 3 aromatic rings. The highest BCUT2D eigenvalue weighted by atomic mass is 16.6. The van der Waals surface area contributed by atoms with E-state index in [4.69, 9.17) is 18.6 Å². The molecular weight excluding hydrogens is 428 g/mol. The summed E-state index contributed by atoms with van der Waals surface area (Å²) in [4.78, 5) is 40.1. The summed E-state index contributed by atoms with van der Waals surface area (Å²) in [5, 5.41) is 0.316. The van der Waals surface area contributed by atoms with Gasteiger partial charge < -0.3 is 28.4 Å². The number of amides is 2. The third-order valence-corrected chi connectivity index (χ3v) is 5.20. The predicted molar refractivity (Wildman–Crippen MR) is 123 cm³/mol. The number of carbonyl (C=O) groups excluding carboxylic acids is 2. The second kappa shape index (κ2) is 10.1. The summed E-state index contributed by atoms with van der Waals surface area (Å²) < 4.78 is 21.7. The first kappa shape index (κ1) is 23.6. The molecule has 0 aliphatic rings. The Morgan fingerprint density at radius 3 is 2.21 bits per heavy atom. The molecule has 0 spiro atoms. The van der Waals surface area contributed by atoms with Crippen LogP contribution >= 0.6 is 0 Å². The van der Waals surface area contributed by atoms with Gasteiger partial charge in [0, 0.05) is 33.3 Å². The van der Waals surface area contributed by atoms with Crippen molar-refractivity contribution < 1.29 is 28.2 Å². The molecule has 2 aromatic carbocycles. The summed E-state index contributed by atoms with van der Waals surface area (Å²) in [6.45, 7) is 4.62. The summed E-state index contributed by atoms with van der Waals surface area (Å²) >= 11 is 0. The zero-order chi connectivity index (χ0) is 24.1. The van der Waals surface area contributed by atoms with Crippen molar-refractivity contribution in [2.24, 2.45) is 0 Å². The maximum atomic E-state index is 13.1. The van der Waals surface area contributed by atoms with Crippen LogP contribution in [0.4, 0.5) is 9.59 Å². The molecule has 0 atom stereocenters. The number of rotatable bonds is 6. The molecule has 1 aromatic heterocycles. The van der Waals surface area contributed by atoms with E-state index in [2.05, 4.69) is 0 Å². The van der Waals surface area contributed by atoms with E-state index in [0.717, 1.165) is 0 Å².